The first-order valence-corrected chi connectivity index (χ1v) is 10.1. The van der Waals surface area contributed by atoms with E-state index in [1.54, 1.807) is 19.2 Å². The van der Waals surface area contributed by atoms with E-state index in [1.165, 1.54) is 11.8 Å². The molecule has 3 aromatic rings. The summed E-state index contributed by atoms with van der Waals surface area (Å²) in [6.07, 6.45) is -1.18. The molecule has 0 fully saturated rings. The van der Waals surface area contributed by atoms with Gasteiger partial charge in [0, 0.05) is 4.90 Å². The summed E-state index contributed by atoms with van der Waals surface area (Å²) in [7, 11) is 1.60. The molecule has 6 heteroatoms. The molecule has 0 radical (unpaired) electrons. The highest BCUT2D eigenvalue weighted by molar-refractivity contribution is 7.99. The maximum absolute atomic E-state index is 12.5. The van der Waals surface area contributed by atoms with Crippen LogP contribution in [0.3, 0.4) is 0 Å². The third-order valence-corrected chi connectivity index (χ3v) is 6.10. The van der Waals surface area contributed by atoms with Gasteiger partial charge in [0.25, 0.3) is 5.91 Å². The van der Waals surface area contributed by atoms with Gasteiger partial charge in [-0.25, -0.2) is 0 Å². The quantitative estimate of drug-likeness (QED) is 0.641. The first-order chi connectivity index (χ1) is 14.0. The van der Waals surface area contributed by atoms with E-state index >= 15 is 0 Å². The molecular weight excluding hydrogens is 386 g/mol. The Balaban J connectivity index is 1.64. The minimum Gasteiger partial charge on any atom is -0.497 e. The average molecular weight is 407 g/mol. The Labute approximate surface area is 173 Å². The first kappa shape index (κ1) is 19.4. The van der Waals surface area contributed by atoms with Gasteiger partial charge in [-0.1, -0.05) is 29.8 Å². The molecule has 0 saturated heterocycles. The molecule has 0 aromatic heterocycles. The molecule has 2 N–H and O–H groups in total. The van der Waals surface area contributed by atoms with Crippen LogP contribution in [-0.2, 0) is 4.79 Å². The molecule has 1 aliphatic rings. The van der Waals surface area contributed by atoms with Crippen molar-refractivity contribution < 1.29 is 19.4 Å². The number of aliphatic hydroxyl groups excluding tert-OH is 1. The van der Waals surface area contributed by atoms with E-state index in [2.05, 4.69) is 5.32 Å². The number of aryl methyl sites for hydroxylation is 1. The summed E-state index contributed by atoms with van der Waals surface area (Å²) in [5.41, 5.74) is 2.66. The SMILES string of the molecule is COc1ccc([C@@H]2Sc3cc(Oc4ccc(C)cc4)ccc3NC(=O)[C@@H]2O)cc1. The van der Waals surface area contributed by atoms with E-state index < -0.39 is 17.3 Å². The maximum Gasteiger partial charge on any atom is 0.254 e. The van der Waals surface area contributed by atoms with Gasteiger partial charge in [-0.2, -0.15) is 0 Å². The van der Waals surface area contributed by atoms with Gasteiger partial charge in [-0.3, -0.25) is 4.79 Å². The molecule has 148 valence electrons. The standard InChI is InChI=1S/C23H21NO4S/c1-14-3-7-17(8-4-14)28-18-11-12-19-20(13-18)29-22(21(25)23(26)24-19)15-5-9-16(27-2)10-6-15/h3-13,21-22,25H,1-2H3,(H,24,26)/t21-,22+/m1/s1. The number of aliphatic hydroxyl groups is 1. The number of hydrogen-bond donors (Lipinski definition) is 2. The minimum absolute atomic E-state index is 0.427. The molecule has 1 amide bonds. The van der Waals surface area contributed by atoms with Crippen molar-refractivity contribution in [3.05, 3.63) is 77.9 Å². The number of carbonyl (C=O) groups excluding carboxylic acids is 1. The summed E-state index contributed by atoms with van der Waals surface area (Å²) in [6, 6.07) is 20.7. The average Bonchev–Trinajstić information content (AvgIpc) is 2.86. The van der Waals surface area contributed by atoms with Gasteiger partial charge in [0.1, 0.15) is 23.4 Å². The molecular formula is C23H21NO4S. The van der Waals surface area contributed by atoms with Crippen LogP contribution in [0.2, 0.25) is 0 Å². The van der Waals surface area contributed by atoms with E-state index in [0.29, 0.717) is 11.4 Å². The number of anilines is 1. The minimum atomic E-state index is -1.18. The third-order valence-electron chi connectivity index (χ3n) is 4.72. The smallest absolute Gasteiger partial charge is 0.254 e. The zero-order valence-electron chi connectivity index (χ0n) is 16.1. The van der Waals surface area contributed by atoms with E-state index in [1.807, 2.05) is 61.5 Å². The van der Waals surface area contributed by atoms with Gasteiger partial charge in [-0.05, 0) is 55.0 Å². The number of thioether (sulfide) groups is 1. The fraction of sp³-hybridized carbons (Fsp3) is 0.174. The number of benzene rings is 3. The second-order valence-electron chi connectivity index (χ2n) is 6.82. The largest absolute Gasteiger partial charge is 0.497 e. The summed E-state index contributed by atoms with van der Waals surface area (Å²) >= 11 is 1.43. The number of hydrogen-bond acceptors (Lipinski definition) is 5. The molecule has 0 saturated carbocycles. The van der Waals surface area contributed by atoms with Gasteiger partial charge < -0.3 is 19.9 Å². The number of nitrogens with one attached hydrogen (secondary N) is 1. The van der Waals surface area contributed by atoms with Crippen LogP contribution in [-0.4, -0.2) is 24.2 Å². The van der Waals surface area contributed by atoms with Crippen molar-refractivity contribution in [2.24, 2.45) is 0 Å². The Morgan fingerprint density at radius 2 is 1.59 bits per heavy atom. The fourth-order valence-electron chi connectivity index (χ4n) is 3.10. The lowest BCUT2D eigenvalue weighted by Crippen LogP contribution is -2.30. The Kier molecular flexibility index (Phi) is 5.47. The molecule has 1 heterocycles. The number of methoxy groups -OCH3 is 1. The van der Waals surface area contributed by atoms with E-state index in [0.717, 1.165) is 27.5 Å². The molecule has 0 aliphatic carbocycles. The van der Waals surface area contributed by atoms with Crippen LogP contribution in [0.5, 0.6) is 17.2 Å². The van der Waals surface area contributed by atoms with Gasteiger partial charge in [0.2, 0.25) is 0 Å². The summed E-state index contributed by atoms with van der Waals surface area (Å²) in [5, 5.41) is 13.0. The maximum atomic E-state index is 12.5. The Bertz CT molecular complexity index is 1020. The molecule has 4 rings (SSSR count). The van der Waals surface area contributed by atoms with Crippen LogP contribution in [0.15, 0.2) is 71.6 Å². The first-order valence-electron chi connectivity index (χ1n) is 9.21. The summed E-state index contributed by atoms with van der Waals surface area (Å²) < 4.78 is 11.2. The Hall–Kier alpha value is -2.96. The van der Waals surface area contributed by atoms with Crippen LogP contribution in [0, 0.1) is 6.92 Å². The number of carbonyl (C=O) groups is 1. The summed E-state index contributed by atoms with van der Waals surface area (Å²) in [4.78, 5) is 13.3. The lowest BCUT2D eigenvalue weighted by Gasteiger charge is -2.19. The van der Waals surface area contributed by atoms with Crippen LogP contribution in [0.4, 0.5) is 5.69 Å². The van der Waals surface area contributed by atoms with Crippen LogP contribution < -0.4 is 14.8 Å². The lowest BCUT2D eigenvalue weighted by atomic mass is 10.1. The van der Waals surface area contributed by atoms with Gasteiger partial charge in [-0.15, -0.1) is 11.8 Å². The number of ether oxygens (including phenoxy) is 2. The summed E-state index contributed by atoms with van der Waals surface area (Å²) in [5.74, 6) is 1.70. The molecule has 0 spiro atoms. The summed E-state index contributed by atoms with van der Waals surface area (Å²) in [6.45, 7) is 2.02. The molecule has 5 nitrogen and oxygen atoms in total. The second-order valence-corrected chi connectivity index (χ2v) is 8.00. The second kappa shape index (κ2) is 8.19. The number of fused-ring (bicyclic) bond motifs is 1. The highest BCUT2D eigenvalue weighted by Gasteiger charge is 2.33. The number of amides is 1. The van der Waals surface area contributed by atoms with E-state index in [9.17, 15) is 9.90 Å². The van der Waals surface area contributed by atoms with Crippen molar-refractivity contribution in [2.45, 2.75) is 23.2 Å². The lowest BCUT2D eigenvalue weighted by molar-refractivity contribution is -0.124. The fourth-order valence-corrected chi connectivity index (χ4v) is 4.35. The van der Waals surface area contributed by atoms with Crippen LogP contribution in [0.1, 0.15) is 16.4 Å². The predicted octanol–water partition coefficient (Wildman–Crippen LogP) is 4.94. The van der Waals surface area contributed by atoms with E-state index in [-0.39, 0.29) is 0 Å². The predicted molar refractivity (Wildman–Crippen MR) is 114 cm³/mol. The van der Waals surface area contributed by atoms with Crippen molar-refractivity contribution in [1.82, 2.24) is 0 Å². The van der Waals surface area contributed by atoms with Gasteiger partial charge >= 0.3 is 0 Å². The molecule has 0 bridgehead atoms. The van der Waals surface area contributed by atoms with Gasteiger partial charge in [0.15, 0.2) is 0 Å². The zero-order valence-corrected chi connectivity index (χ0v) is 16.9. The number of rotatable bonds is 4. The van der Waals surface area contributed by atoms with Crippen LogP contribution in [0.25, 0.3) is 0 Å². The molecule has 2 atom stereocenters. The molecule has 0 unspecified atom stereocenters. The molecule has 1 aliphatic heterocycles. The highest BCUT2D eigenvalue weighted by atomic mass is 32.2. The molecule has 29 heavy (non-hydrogen) atoms. The Morgan fingerprint density at radius 1 is 0.931 bits per heavy atom. The normalized spacial score (nSPS) is 18.4. The van der Waals surface area contributed by atoms with Crippen molar-refractivity contribution in [3.63, 3.8) is 0 Å². The van der Waals surface area contributed by atoms with Crippen molar-refractivity contribution in [2.75, 3.05) is 12.4 Å². The highest BCUT2D eigenvalue weighted by Crippen LogP contribution is 2.45. The topological polar surface area (TPSA) is 67.8 Å². The Morgan fingerprint density at radius 3 is 2.28 bits per heavy atom. The van der Waals surface area contributed by atoms with Crippen LogP contribution >= 0.6 is 11.8 Å². The van der Waals surface area contributed by atoms with Crippen molar-refractivity contribution in [1.29, 1.82) is 0 Å². The third kappa shape index (κ3) is 4.23. The van der Waals surface area contributed by atoms with Gasteiger partial charge in [0.05, 0.1) is 18.0 Å². The van der Waals surface area contributed by atoms with E-state index in [4.69, 9.17) is 9.47 Å². The molecule has 3 aromatic carbocycles. The monoisotopic (exact) mass is 407 g/mol. The van der Waals surface area contributed by atoms with Crippen molar-refractivity contribution >= 4 is 23.4 Å². The van der Waals surface area contributed by atoms with Crippen molar-refractivity contribution in [3.8, 4) is 17.2 Å². The zero-order chi connectivity index (χ0) is 20.4.